The fraction of sp³-hybridized carbons (Fsp3) is 0.467. The van der Waals surface area contributed by atoms with Crippen molar-refractivity contribution >= 4 is 21.9 Å². The predicted octanol–water partition coefficient (Wildman–Crippen LogP) is 0.823. The van der Waals surface area contributed by atoms with Gasteiger partial charge < -0.3 is 10.0 Å². The number of nitrogens with one attached hydrogen (secondary N) is 1. The molecule has 1 aromatic carbocycles. The molecule has 0 radical (unpaired) electrons. The molecule has 0 unspecified atom stereocenters. The number of carbonyl (C=O) groups excluding carboxylic acids is 1. The maximum absolute atomic E-state index is 12.4. The molecule has 0 spiro atoms. The predicted molar refractivity (Wildman–Crippen MR) is 85.7 cm³/mol. The third kappa shape index (κ3) is 5.33. The molecule has 0 saturated carbocycles. The first-order chi connectivity index (χ1) is 10.5. The number of likely N-dealkylation sites (N-methyl/N-ethyl adjacent to an activating group) is 1. The van der Waals surface area contributed by atoms with E-state index in [0.717, 1.165) is 10.5 Å². The molecule has 2 N–H and O–H groups in total. The summed E-state index contributed by atoms with van der Waals surface area (Å²) >= 11 is 0. The molecule has 0 aliphatic carbocycles. The van der Waals surface area contributed by atoms with Gasteiger partial charge in [-0.05, 0) is 31.9 Å². The van der Waals surface area contributed by atoms with Crippen LogP contribution in [-0.4, -0.2) is 50.4 Å². The molecule has 8 heteroatoms. The number of aryl methyl sites for hydroxylation is 3. The lowest BCUT2D eigenvalue weighted by atomic mass is 10.1. The summed E-state index contributed by atoms with van der Waals surface area (Å²) in [5.41, 5.74) is 2.26. The number of aliphatic carboxylic acids is 1. The Morgan fingerprint density at radius 1 is 1.17 bits per heavy atom. The van der Waals surface area contributed by atoms with Crippen molar-refractivity contribution in [1.29, 1.82) is 0 Å². The highest BCUT2D eigenvalue weighted by Crippen LogP contribution is 2.21. The lowest BCUT2D eigenvalue weighted by Crippen LogP contribution is -2.35. The summed E-state index contributed by atoms with van der Waals surface area (Å²) in [5.74, 6) is -1.56. The Hall–Kier alpha value is -1.93. The summed E-state index contributed by atoms with van der Waals surface area (Å²) in [7, 11) is -2.36. The van der Waals surface area contributed by atoms with Gasteiger partial charge in [0.05, 0.1) is 4.90 Å². The van der Waals surface area contributed by atoms with Crippen molar-refractivity contribution in [2.75, 3.05) is 20.1 Å². The molecule has 0 atom stereocenters. The minimum Gasteiger partial charge on any atom is -0.480 e. The molecular formula is C15H22N2O5S. The average molecular weight is 342 g/mol. The lowest BCUT2D eigenvalue weighted by Gasteiger charge is -2.16. The van der Waals surface area contributed by atoms with Gasteiger partial charge in [0.2, 0.25) is 15.9 Å². The van der Waals surface area contributed by atoms with Gasteiger partial charge in [-0.3, -0.25) is 9.59 Å². The van der Waals surface area contributed by atoms with E-state index >= 15 is 0 Å². The van der Waals surface area contributed by atoms with Crippen molar-refractivity contribution in [3.63, 3.8) is 0 Å². The van der Waals surface area contributed by atoms with Crippen molar-refractivity contribution in [2.24, 2.45) is 0 Å². The summed E-state index contributed by atoms with van der Waals surface area (Å²) in [6, 6.07) is 3.57. The second-order valence-corrected chi connectivity index (χ2v) is 7.22. The maximum atomic E-state index is 12.4. The maximum Gasteiger partial charge on any atom is 0.323 e. The number of carbonyl (C=O) groups is 2. The third-order valence-electron chi connectivity index (χ3n) is 3.30. The van der Waals surface area contributed by atoms with Crippen LogP contribution in [0.4, 0.5) is 0 Å². The SMILES string of the molecule is Cc1cc(C)c(S(=O)(=O)NCCC(=O)N(C)CC(=O)O)c(C)c1. The zero-order chi connectivity index (χ0) is 17.8. The first kappa shape index (κ1) is 19.1. The van der Waals surface area contributed by atoms with E-state index in [0.29, 0.717) is 11.1 Å². The van der Waals surface area contributed by atoms with Gasteiger partial charge in [0.25, 0.3) is 0 Å². The van der Waals surface area contributed by atoms with Gasteiger partial charge in [-0.1, -0.05) is 17.7 Å². The standard InChI is InChI=1S/C15H22N2O5S/c1-10-7-11(2)15(12(3)8-10)23(21,22)16-6-5-13(18)17(4)9-14(19)20/h7-8,16H,5-6,9H2,1-4H3,(H,19,20). The highest BCUT2D eigenvalue weighted by atomic mass is 32.2. The third-order valence-corrected chi connectivity index (χ3v) is 5.07. The van der Waals surface area contributed by atoms with Crippen LogP contribution in [0.25, 0.3) is 0 Å². The Bertz CT molecular complexity index is 690. The number of hydrogen-bond acceptors (Lipinski definition) is 4. The molecule has 1 rings (SSSR count). The number of nitrogens with zero attached hydrogens (tertiary/aromatic N) is 1. The Balaban J connectivity index is 2.74. The van der Waals surface area contributed by atoms with Crippen LogP contribution in [0.1, 0.15) is 23.1 Å². The number of hydrogen-bond donors (Lipinski definition) is 2. The van der Waals surface area contributed by atoms with Crippen molar-refractivity contribution in [3.05, 3.63) is 28.8 Å². The van der Waals surface area contributed by atoms with Gasteiger partial charge in [0.15, 0.2) is 0 Å². The number of rotatable bonds is 7. The lowest BCUT2D eigenvalue weighted by molar-refractivity contribution is -0.143. The quantitative estimate of drug-likeness (QED) is 0.763. The zero-order valence-electron chi connectivity index (χ0n) is 13.7. The molecule has 0 saturated heterocycles. The molecule has 0 aliphatic rings. The molecule has 23 heavy (non-hydrogen) atoms. The van der Waals surface area contributed by atoms with Gasteiger partial charge in [-0.25, -0.2) is 13.1 Å². The van der Waals surface area contributed by atoms with Crippen LogP contribution in [0.5, 0.6) is 0 Å². The number of benzene rings is 1. The largest absolute Gasteiger partial charge is 0.480 e. The van der Waals surface area contributed by atoms with E-state index in [1.165, 1.54) is 7.05 Å². The molecule has 0 fully saturated rings. The van der Waals surface area contributed by atoms with E-state index in [1.54, 1.807) is 26.0 Å². The molecule has 7 nitrogen and oxygen atoms in total. The Labute approximate surface area is 136 Å². The molecule has 1 aromatic rings. The highest BCUT2D eigenvalue weighted by molar-refractivity contribution is 7.89. The number of sulfonamides is 1. The van der Waals surface area contributed by atoms with Gasteiger partial charge in [-0.15, -0.1) is 0 Å². The molecule has 128 valence electrons. The normalized spacial score (nSPS) is 11.3. The second kappa shape index (κ2) is 7.56. The minimum absolute atomic E-state index is 0.0854. The van der Waals surface area contributed by atoms with E-state index in [2.05, 4.69) is 4.72 Å². The van der Waals surface area contributed by atoms with Crippen molar-refractivity contribution in [3.8, 4) is 0 Å². The molecular weight excluding hydrogens is 320 g/mol. The second-order valence-electron chi connectivity index (χ2n) is 5.52. The summed E-state index contributed by atoms with van der Waals surface area (Å²) in [6.07, 6.45) is -0.104. The summed E-state index contributed by atoms with van der Waals surface area (Å²) in [5, 5.41) is 8.61. The van der Waals surface area contributed by atoms with Crippen LogP contribution in [0.2, 0.25) is 0 Å². The van der Waals surface area contributed by atoms with Crippen LogP contribution in [-0.2, 0) is 19.6 Å². The van der Waals surface area contributed by atoms with E-state index in [1.807, 2.05) is 6.92 Å². The van der Waals surface area contributed by atoms with Crippen LogP contribution in [0.3, 0.4) is 0 Å². The van der Waals surface area contributed by atoms with Crippen LogP contribution in [0.15, 0.2) is 17.0 Å². The van der Waals surface area contributed by atoms with Gasteiger partial charge in [-0.2, -0.15) is 0 Å². The molecule has 0 heterocycles. The van der Waals surface area contributed by atoms with E-state index < -0.39 is 28.4 Å². The number of carboxylic acid groups (broad SMARTS) is 1. The Kier molecular flexibility index (Phi) is 6.28. The molecule has 0 bridgehead atoms. The van der Waals surface area contributed by atoms with Crippen molar-refractivity contribution in [1.82, 2.24) is 9.62 Å². The van der Waals surface area contributed by atoms with Crippen molar-refractivity contribution < 1.29 is 23.1 Å². The van der Waals surface area contributed by atoms with E-state index in [4.69, 9.17) is 5.11 Å². The Morgan fingerprint density at radius 3 is 2.17 bits per heavy atom. The monoisotopic (exact) mass is 342 g/mol. The molecule has 0 aromatic heterocycles. The van der Waals surface area contributed by atoms with Crippen LogP contribution >= 0.6 is 0 Å². The first-order valence-corrected chi connectivity index (χ1v) is 8.56. The topological polar surface area (TPSA) is 104 Å². The van der Waals surface area contributed by atoms with Gasteiger partial charge >= 0.3 is 5.97 Å². The summed E-state index contributed by atoms with van der Waals surface area (Å²) in [4.78, 5) is 23.5. The van der Waals surface area contributed by atoms with Gasteiger partial charge in [0.1, 0.15) is 6.54 Å². The Morgan fingerprint density at radius 2 is 1.70 bits per heavy atom. The van der Waals surface area contributed by atoms with E-state index in [9.17, 15) is 18.0 Å². The molecule has 0 aliphatic heterocycles. The first-order valence-electron chi connectivity index (χ1n) is 7.08. The highest BCUT2D eigenvalue weighted by Gasteiger charge is 2.20. The molecule has 1 amide bonds. The number of amides is 1. The smallest absolute Gasteiger partial charge is 0.323 e. The van der Waals surface area contributed by atoms with Crippen molar-refractivity contribution in [2.45, 2.75) is 32.1 Å². The van der Waals surface area contributed by atoms with E-state index in [-0.39, 0.29) is 17.9 Å². The van der Waals surface area contributed by atoms with Gasteiger partial charge in [0, 0.05) is 20.0 Å². The summed E-state index contributed by atoms with van der Waals surface area (Å²) < 4.78 is 27.2. The van der Waals surface area contributed by atoms with Crippen LogP contribution in [0, 0.1) is 20.8 Å². The fourth-order valence-corrected chi connectivity index (χ4v) is 3.92. The zero-order valence-corrected chi connectivity index (χ0v) is 14.5. The summed E-state index contributed by atoms with van der Waals surface area (Å²) in [6.45, 7) is 4.83. The van der Waals surface area contributed by atoms with Crippen LogP contribution < -0.4 is 4.72 Å². The minimum atomic E-state index is -3.72. The number of carboxylic acids is 1. The average Bonchev–Trinajstić information content (AvgIpc) is 2.35. The fourth-order valence-electron chi connectivity index (χ4n) is 2.44.